The van der Waals surface area contributed by atoms with E-state index in [1.165, 1.54) is 29.7 Å². The number of carbonyl (C=O) groups is 4. The van der Waals surface area contributed by atoms with E-state index in [2.05, 4.69) is 97.1 Å². The third-order valence-corrected chi connectivity index (χ3v) is 20.4. The number of benzene rings is 3. The van der Waals surface area contributed by atoms with Crippen molar-refractivity contribution in [3.8, 4) is 33.4 Å². The van der Waals surface area contributed by atoms with Crippen LogP contribution in [0.15, 0.2) is 182 Å². The Bertz CT molecular complexity index is 5710. The molecule has 0 radical (unpaired) electrons. The van der Waals surface area contributed by atoms with Crippen LogP contribution in [0.5, 0.6) is 0 Å². The fourth-order valence-corrected chi connectivity index (χ4v) is 13.8. The fourth-order valence-electron chi connectivity index (χ4n) is 13.3. The standard InChI is InChI=1S/C26H23N5O2.C26H26N4O4.C23H28N4O5.2C5H4BrN.C4H9.2CH4.Li/c1-15-23(16(2)33-31-15)18-13-21(24-22(14-18)29-25(30-24)17-3-4-17)26(32,19-5-9-27-10-6-19)20-7-11-28-12-8-20;1-14-21(15(2)34-29-14)18-12-19(23(31)16-8-10-27-11-9-16)22-20(13-18)30(24(28-22)17-6-7-17)25(32)33-26(3,4)5;1-12-18(13(2)32-25-12)15-10-16(21(28)26(6)30-7)19-17(11-15)27(20(24-19)14-8-9-14)22(29)31-23(3,4)5;2*6-5-1-3-7-4-2-5;1-3-4-2;;;/h5-14,17,32H,3-4H2,1-2H3,(H,29,30);8-13,17H,6-7H2,1-5H3;10-11,14H,8-9H2,1-7H3;2*1-4H;1,3-4H2,2H3;2*1H4;/q;;;;;-1;;;+1. The predicted molar refractivity (Wildman–Crippen MR) is 465 cm³/mol. The molecule has 3 aromatic carbocycles. The number of ketones is 1. The smallest absolute Gasteiger partial charge is 0.443 e. The molecule has 11 heterocycles. The maximum atomic E-state index is 13.6. The van der Waals surface area contributed by atoms with Gasteiger partial charge in [0.15, 0.2) is 5.78 Å². The number of aromatic nitrogens is 14. The van der Waals surface area contributed by atoms with Gasteiger partial charge in [-0.05, 0) is 246 Å². The number of amides is 1. The van der Waals surface area contributed by atoms with E-state index in [0.29, 0.717) is 101 Å². The number of hydrogen-bond donors (Lipinski definition) is 2. The van der Waals surface area contributed by atoms with Gasteiger partial charge in [-0.25, -0.2) is 38.7 Å². The molecule has 3 fully saturated rings. The third-order valence-electron chi connectivity index (χ3n) is 19.3. The summed E-state index contributed by atoms with van der Waals surface area (Å²) in [5.74, 6) is 4.37. The third kappa shape index (κ3) is 21.6. The van der Waals surface area contributed by atoms with Gasteiger partial charge in [-0.3, -0.25) is 39.3 Å². The molecule has 0 unspecified atom stereocenters. The number of ether oxygens (including phenoxy) is 2. The Balaban J connectivity index is 0.000000183. The Morgan fingerprint density at radius 3 is 1.23 bits per heavy atom. The topological polar surface area (TPSA) is 326 Å². The maximum absolute atomic E-state index is 13.6. The second kappa shape index (κ2) is 39.9. The molecular formula is C91H102Br2LiN15O11. The molecular weight excluding hydrogens is 1650 g/mol. The van der Waals surface area contributed by atoms with E-state index in [-0.39, 0.29) is 57.2 Å². The van der Waals surface area contributed by atoms with Crippen LogP contribution in [0.3, 0.4) is 0 Å². The van der Waals surface area contributed by atoms with Crippen molar-refractivity contribution < 1.29 is 71.0 Å². The number of hydroxylamine groups is 2. The van der Waals surface area contributed by atoms with E-state index in [1.807, 2.05) is 150 Å². The van der Waals surface area contributed by atoms with Gasteiger partial charge < -0.3 is 40.1 Å². The molecule has 11 aromatic heterocycles. The van der Waals surface area contributed by atoms with Crippen molar-refractivity contribution >= 4 is 88.8 Å². The molecule has 0 atom stereocenters. The van der Waals surface area contributed by atoms with Crippen molar-refractivity contribution in [1.82, 2.24) is 74.5 Å². The van der Waals surface area contributed by atoms with Crippen LogP contribution in [-0.2, 0) is 19.9 Å². The number of pyridine rings is 5. The van der Waals surface area contributed by atoms with Gasteiger partial charge >= 0.3 is 31.0 Å². The van der Waals surface area contributed by atoms with E-state index in [1.54, 1.807) is 86.2 Å². The minimum absolute atomic E-state index is 0. The van der Waals surface area contributed by atoms with Crippen LogP contribution < -0.4 is 18.9 Å². The summed E-state index contributed by atoms with van der Waals surface area (Å²) in [6.07, 6.45) is 24.2. The number of H-pyrrole nitrogens is 1. The SMILES string of the molecule is Brc1ccncc1.Brc1ccncc1.C.C.CON(C)C(=O)c1cc(-c2c(C)noc2C)cc2c1nc(C1CC1)n2C(=O)OC(C)(C)C.Cc1noc(C)c1-c1cc(C(=O)c2ccncc2)c2nc(C3CC3)n(C(=O)OC(C)(C)C)c2c1.Cc1noc(C)c1-c1cc(C(O)(c2ccncc2)c2ccncc2)c2nc(C3CC3)[nH]c2c1.[CH2-]CCC.[Li+]. The molecule has 1 amide bonds. The van der Waals surface area contributed by atoms with Crippen LogP contribution in [0.25, 0.3) is 66.5 Å². The summed E-state index contributed by atoms with van der Waals surface area (Å²) >= 11 is 6.54. The minimum Gasteiger partial charge on any atom is -0.443 e. The molecule has 17 rings (SSSR count). The van der Waals surface area contributed by atoms with Crippen LogP contribution in [0.2, 0.25) is 0 Å². The molecule has 0 saturated heterocycles. The molecule has 0 aliphatic heterocycles. The average Bonchev–Trinajstić information content (AvgIpc) is 1.51. The van der Waals surface area contributed by atoms with Crippen LogP contribution in [0.4, 0.5) is 9.59 Å². The molecule has 120 heavy (non-hydrogen) atoms. The van der Waals surface area contributed by atoms with Crippen molar-refractivity contribution in [3.63, 3.8) is 0 Å². The number of nitrogens with zero attached hydrogens (tertiary/aromatic N) is 14. The van der Waals surface area contributed by atoms with Gasteiger partial charge in [0.1, 0.15) is 62.6 Å². The summed E-state index contributed by atoms with van der Waals surface area (Å²) in [7, 11) is 2.95. The first-order chi connectivity index (χ1) is 55.9. The summed E-state index contributed by atoms with van der Waals surface area (Å²) in [5, 5.41) is 25.9. The number of aryl methyl sites for hydroxylation is 6. The van der Waals surface area contributed by atoms with E-state index >= 15 is 0 Å². The normalized spacial score (nSPS) is 12.9. The minimum atomic E-state index is -1.46. The molecule has 3 saturated carbocycles. The summed E-state index contributed by atoms with van der Waals surface area (Å²) in [4.78, 5) is 96.6. The van der Waals surface area contributed by atoms with E-state index < -0.39 is 29.0 Å². The van der Waals surface area contributed by atoms with Gasteiger partial charge in [-0.15, -0.1) is 0 Å². The van der Waals surface area contributed by atoms with Crippen LogP contribution in [-0.4, -0.2) is 129 Å². The first kappa shape index (κ1) is 92.9. The van der Waals surface area contributed by atoms with Gasteiger partial charge in [0.2, 0.25) is 0 Å². The Morgan fingerprint density at radius 1 is 0.533 bits per heavy atom. The van der Waals surface area contributed by atoms with Crippen molar-refractivity contribution in [2.45, 2.75) is 191 Å². The van der Waals surface area contributed by atoms with E-state index in [4.69, 9.17) is 42.8 Å². The second-order valence-electron chi connectivity index (χ2n) is 30.7. The molecule has 14 aromatic rings. The number of carbonyl (C=O) groups excluding carboxylic acids is 4. The number of hydrogen-bond acceptors (Lipinski definition) is 22. The Morgan fingerprint density at radius 2 is 0.892 bits per heavy atom. The summed E-state index contributed by atoms with van der Waals surface area (Å²) in [6.45, 7) is 27.8. The zero-order chi connectivity index (χ0) is 83.8. The van der Waals surface area contributed by atoms with E-state index in [0.717, 1.165) is 115 Å². The molecule has 0 spiro atoms. The number of halogens is 2. The number of aliphatic hydroxyl groups is 1. The number of rotatable bonds is 14. The van der Waals surface area contributed by atoms with Crippen LogP contribution in [0, 0.1) is 48.5 Å². The van der Waals surface area contributed by atoms with Gasteiger partial charge in [0.25, 0.3) is 5.91 Å². The number of aromatic amines is 1. The first-order valence-corrected chi connectivity index (χ1v) is 40.1. The van der Waals surface area contributed by atoms with Crippen molar-refractivity contribution in [1.29, 1.82) is 0 Å². The quantitative estimate of drug-likeness (QED) is 0.0442. The molecule has 3 aliphatic rings. The predicted octanol–water partition coefficient (Wildman–Crippen LogP) is 18.6. The summed E-state index contributed by atoms with van der Waals surface area (Å²) in [5.41, 5.74) is 11.1. The van der Waals surface area contributed by atoms with Crippen molar-refractivity contribution in [2.24, 2.45) is 0 Å². The zero-order valence-corrected chi connectivity index (χ0v) is 72.3. The van der Waals surface area contributed by atoms with Crippen LogP contribution >= 0.6 is 31.9 Å². The molecule has 3 aliphatic carbocycles. The number of nitrogens with one attached hydrogen (secondary N) is 1. The Labute approximate surface area is 727 Å². The largest absolute Gasteiger partial charge is 1.00 e. The zero-order valence-electron chi connectivity index (χ0n) is 69.2. The fraction of sp³-hybridized carbons (Fsp3) is 0.341. The first-order valence-electron chi connectivity index (χ1n) is 38.5. The van der Waals surface area contributed by atoms with Gasteiger partial charge in [0, 0.05) is 124 Å². The number of unbranched alkanes of at least 4 members (excludes halogenated alkanes) is 1. The number of imidazole rings is 3. The van der Waals surface area contributed by atoms with E-state index in [9.17, 15) is 24.3 Å². The van der Waals surface area contributed by atoms with Gasteiger partial charge in [-0.1, -0.05) is 75.5 Å². The second-order valence-corrected chi connectivity index (χ2v) is 32.6. The monoisotopic (exact) mass is 1750 g/mol. The average molecular weight is 1750 g/mol. The van der Waals surface area contributed by atoms with Gasteiger partial charge in [-0.2, -0.15) is 6.42 Å². The molecule has 0 bridgehead atoms. The molecule has 26 nitrogen and oxygen atoms in total. The van der Waals surface area contributed by atoms with Crippen LogP contribution in [0.1, 0.15) is 227 Å². The number of fused-ring (bicyclic) bond motifs is 3. The molecule has 29 heteroatoms. The Hall–Kier alpha value is -11.0. The van der Waals surface area contributed by atoms with Gasteiger partial charge in [0.05, 0.1) is 57.4 Å². The summed E-state index contributed by atoms with van der Waals surface area (Å²) < 4.78 is 32.8. The maximum Gasteiger partial charge on any atom is 1.00 e. The van der Waals surface area contributed by atoms with Crippen molar-refractivity contribution in [2.75, 3.05) is 14.2 Å². The molecule has 2 N–H and O–H groups in total. The Kier molecular flexibility index (Phi) is 30.9. The van der Waals surface area contributed by atoms with Crippen molar-refractivity contribution in [3.05, 3.63) is 260 Å². The molecule has 622 valence electrons. The summed E-state index contributed by atoms with van der Waals surface area (Å²) in [6, 6.07) is 29.6.